The van der Waals surface area contributed by atoms with Gasteiger partial charge in [-0.3, -0.25) is 0 Å². The van der Waals surface area contributed by atoms with E-state index in [-0.39, 0.29) is 0 Å². The van der Waals surface area contributed by atoms with E-state index in [2.05, 4.69) is 12.1 Å². The number of hydrogen-bond acceptors (Lipinski definition) is 7. The van der Waals surface area contributed by atoms with Gasteiger partial charge in [-0.25, -0.2) is 0 Å². The fourth-order valence-corrected chi connectivity index (χ4v) is 7.94. The molecule has 0 bridgehead atoms. The second-order valence-electron chi connectivity index (χ2n) is 13.9. The molecule has 6 aromatic carbocycles. The molecule has 6 aromatic rings. The van der Waals surface area contributed by atoms with Crippen LogP contribution in [-0.4, -0.2) is 64.7 Å². The van der Waals surface area contributed by atoms with Gasteiger partial charge in [0.05, 0.1) is 19.8 Å². The summed E-state index contributed by atoms with van der Waals surface area (Å²) in [5.74, 6) is 1.54. The van der Waals surface area contributed by atoms with Gasteiger partial charge in [-0.1, -0.05) is 121 Å². The number of benzene rings is 6. The number of ether oxygens (including phenoxy) is 3. The van der Waals surface area contributed by atoms with E-state index in [4.69, 9.17) is 14.2 Å². The first-order valence-electron chi connectivity index (χ1n) is 19.0. The molecule has 4 N–H and O–H groups in total. The van der Waals surface area contributed by atoms with Crippen LogP contribution in [0.1, 0.15) is 47.2 Å². The normalized spacial score (nSPS) is 19.2. The van der Waals surface area contributed by atoms with Gasteiger partial charge in [0.15, 0.2) is 0 Å². The van der Waals surface area contributed by atoms with Crippen molar-refractivity contribution < 1.29 is 34.6 Å². The minimum absolute atomic E-state index is 0.444. The van der Waals surface area contributed by atoms with Crippen LogP contribution in [0.4, 0.5) is 0 Å². The van der Waals surface area contributed by atoms with Gasteiger partial charge in [0.1, 0.15) is 41.5 Å². The second kappa shape index (κ2) is 17.0. The highest BCUT2D eigenvalue weighted by atomic mass is 16.6. The van der Waals surface area contributed by atoms with Gasteiger partial charge in [0.2, 0.25) is 0 Å². The molecule has 0 aromatic heterocycles. The Balaban J connectivity index is 1.53. The van der Waals surface area contributed by atoms with Crippen LogP contribution in [-0.2, 0) is 23.2 Å². The quantitative estimate of drug-likeness (QED) is 0.0962. The lowest BCUT2D eigenvalue weighted by atomic mass is 9.69. The van der Waals surface area contributed by atoms with E-state index in [1.54, 1.807) is 0 Å². The van der Waals surface area contributed by atoms with E-state index in [0.717, 1.165) is 56.0 Å². The topological polar surface area (TPSA) is 109 Å². The Morgan fingerprint density at radius 1 is 0.527 bits per heavy atom. The molecule has 55 heavy (non-hydrogen) atoms. The zero-order valence-corrected chi connectivity index (χ0v) is 31.2. The minimum atomic E-state index is -1.75. The van der Waals surface area contributed by atoms with Crippen LogP contribution < -0.4 is 9.47 Å². The predicted molar refractivity (Wildman–Crippen MR) is 215 cm³/mol. The summed E-state index contributed by atoms with van der Waals surface area (Å²) in [6, 6.07) is 47.9. The van der Waals surface area contributed by atoms with Gasteiger partial charge in [0, 0.05) is 0 Å². The molecule has 0 radical (unpaired) electrons. The molecule has 1 saturated heterocycles. The molecule has 1 heterocycles. The molecule has 4 atom stereocenters. The lowest BCUT2D eigenvalue weighted by Gasteiger charge is -2.50. The fraction of sp³-hybridized carbons (Fsp3) is 0.250. The monoisotopic (exact) mass is 736 g/mol. The second-order valence-corrected chi connectivity index (χ2v) is 13.9. The summed E-state index contributed by atoms with van der Waals surface area (Å²) in [6.07, 6.45) is -5.15. The van der Waals surface area contributed by atoms with E-state index in [1.165, 1.54) is 0 Å². The molecule has 0 aliphatic carbocycles. The molecule has 4 unspecified atom stereocenters. The Kier molecular flexibility index (Phi) is 11.8. The van der Waals surface area contributed by atoms with Gasteiger partial charge in [0.25, 0.3) is 0 Å². The Labute approximate surface area is 323 Å². The largest absolute Gasteiger partial charge is 0.494 e. The summed E-state index contributed by atoms with van der Waals surface area (Å²) in [6.45, 7) is 4.44. The Bertz CT molecular complexity index is 2010. The molecule has 0 spiro atoms. The third kappa shape index (κ3) is 7.67. The summed E-state index contributed by atoms with van der Waals surface area (Å²) < 4.78 is 18.5. The van der Waals surface area contributed by atoms with Crippen LogP contribution in [0.25, 0.3) is 22.3 Å². The van der Waals surface area contributed by atoms with Crippen LogP contribution in [0.5, 0.6) is 11.5 Å². The van der Waals surface area contributed by atoms with Crippen LogP contribution in [0, 0.1) is 0 Å². The maximum atomic E-state index is 12.6. The lowest BCUT2D eigenvalue weighted by Crippen LogP contribution is -2.64. The fourth-order valence-electron chi connectivity index (χ4n) is 7.94. The third-order valence-corrected chi connectivity index (χ3v) is 10.5. The first-order valence-corrected chi connectivity index (χ1v) is 19.0. The van der Waals surface area contributed by atoms with Crippen molar-refractivity contribution in [3.63, 3.8) is 0 Å². The first-order chi connectivity index (χ1) is 26.9. The Hall–Kier alpha value is -5.28. The highest BCUT2D eigenvalue weighted by molar-refractivity contribution is 5.74. The zero-order chi connectivity index (χ0) is 38.4. The molecular weight excluding hydrogens is 689 g/mol. The molecule has 0 amide bonds. The van der Waals surface area contributed by atoms with Crippen molar-refractivity contribution in [2.75, 3.05) is 19.8 Å². The number of aliphatic hydroxyl groups excluding tert-OH is 4. The highest BCUT2D eigenvalue weighted by Gasteiger charge is 2.57. The van der Waals surface area contributed by atoms with E-state index in [9.17, 15) is 20.4 Å². The molecule has 7 nitrogen and oxygen atoms in total. The maximum absolute atomic E-state index is 12.6. The average molecular weight is 737 g/mol. The molecule has 282 valence electrons. The smallest absolute Gasteiger partial charge is 0.148 e. The Morgan fingerprint density at radius 3 is 1.36 bits per heavy atom. The zero-order valence-electron chi connectivity index (χ0n) is 31.2. The molecule has 1 fully saturated rings. The summed E-state index contributed by atoms with van der Waals surface area (Å²) in [7, 11) is 0. The first kappa shape index (κ1) is 38.0. The standard InChI is InChI=1S/C48H48O7/c1-3-53-36-25-21-32(22-26-36)29-40-38(34-13-7-5-8-14-34)17-11-19-42(40)48(47(52)46(51)45(50)44(31-49)55-48)43-20-12-18-39(35-15-9-6-10-16-35)41(43)30-33-23-27-37(28-24-33)54-4-2/h5-28,44-47,49-52H,3-4,29-31H2,1-2H3. The highest BCUT2D eigenvalue weighted by Crippen LogP contribution is 2.50. The van der Waals surface area contributed by atoms with E-state index in [1.807, 2.05) is 147 Å². The SMILES string of the molecule is CCOc1ccc(Cc2c(-c3ccccc3)cccc2C2(c3cccc(-c4ccccc4)c3Cc3ccc(OCC)cc3)OC(CO)C(O)C(O)C2O)cc1. The summed E-state index contributed by atoms with van der Waals surface area (Å²) in [5.41, 5.74) is 7.03. The van der Waals surface area contributed by atoms with Crippen molar-refractivity contribution in [1.29, 1.82) is 0 Å². The van der Waals surface area contributed by atoms with E-state index < -0.39 is 36.6 Å². The van der Waals surface area contributed by atoms with Gasteiger partial charge in [-0.05, 0) is 107 Å². The van der Waals surface area contributed by atoms with Gasteiger partial charge < -0.3 is 34.6 Å². The molecule has 1 aliphatic heterocycles. The Morgan fingerprint density at radius 2 is 0.964 bits per heavy atom. The van der Waals surface area contributed by atoms with Crippen molar-refractivity contribution in [3.05, 3.63) is 179 Å². The van der Waals surface area contributed by atoms with Crippen molar-refractivity contribution in [3.8, 4) is 33.8 Å². The van der Waals surface area contributed by atoms with Crippen LogP contribution in [0.15, 0.2) is 146 Å². The number of rotatable bonds is 13. The molecule has 7 rings (SSSR count). The van der Waals surface area contributed by atoms with E-state index in [0.29, 0.717) is 37.2 Å². The third-order valence-electron chi connectivity index (χ3n) is 10.5. The molecular formula is C48H48O7. The van der Waals surface area contributed by atoms with Crippen molar-refractivity contribution in [1.82, 2.24) is 0 Å². The van der Waals surface area contributed by atoms with Gasteiger partial charge in [-0.2, -0.15) is 0 Å². The van der Waals surface area contributed by atoms with E-state index >= 15 is 0 Å². The maximum Gasteiger partial charge on any atom is 0.148 e. The van der Waals surface area contributed by atoms with Crippen molar-refractivity contribution in [2.24, 2.45) is 0 Å². The summed E-state index contributed by atoms with van der Waals surface area (Å²) in [5, 5.41) is 46.3. The minimum Gasteiger partial charge on any atom is -0.494 e. The van der Waals surface area contributed by atoms with Crippen LogP contribution in [0.2, 0.25) is 0 Å². The van der Waals surface area contributed by atoms with Crippen LogP contribution >= 0.6 is 0 Å². The predicted octanol–water partition coefficient (Wildman–Crippen LogP) is 7.72. The average Bonchev–Trinajstić information content (AvgIpc) is 3.23. The molecule has 0 saturated carbocycles. The molecule has 1 aliphatic rings. The summed E-state index contributed by atoms with van der Waals surface area (Å²) >= 11 is 0. The van der Waals surface area contributed by atoms with Gasteiger partial charge >= 0.3 is 0 Å². The molecule has 7 heteroatoms. The number of hydrogen-bond donors (Lipinski definition) is 4. The van der Waals surface area contributed by atoms with Crippen molar-refractivity contribution in [2.45, 2.75) is 56.7 Å². The van der Waals surface area contributed by atoms with Gasteiger partial charge in [-0.15, -0.1) is 0 Å². The summed E-state index contributed by atoms with van der Waals surface area (Å²) in [4.78, 5) is 0. The van der Waals surface area contributed by atoms with Crippen LogP contribution in [0.3, 0.4) is 0 Å². The lowest BCUT2D eigenvalue weighted by molar-refractivity contribution is -0.265. The number of aliphatic hydroxyl groups is 4. The van der Waals surface area contributed by atoms with Crippen molar-refractivity contribution >= 4 is 0 Å².